The molecule has 3 N–H and O–H groups in total. The SMILES string of the molecule is CC(=O)NC(C(=O)NC(CC(=O)O)C(=O)C(=O)CF)c1ccccc1. The average molecular weight is 352 g/mol. The van der Waals surface area contributed by atoms with Gasteiger partial charge in [0.2, 0.25) is 23.4 Å². The molecule has 1 rings (SSSR count). The van der Waals surface area contributed by atoms with Gasteiger partial charge in [-0.05, 0) is 5.56 Å². The molecular formula is C16H17FN2O6. The van der Waals surface area contributed by atoms with E-state index < -0.39 is 54.5 Å². The standard InChI is InChI=1S/C16H17FN2O6/c1-9(20)18-14(10-5-3-2-4-6-10)16(25)19-11(7-13(22)23)15(24)12(21)8-17/h2-6,11,14H,7-8H2,1H3,(H,18,20)(H,19,25)(H,22,23). The minimum absolute atomic E-state index is 0.383. The number of amides is 2. The summed E-state index contributed by atoms with van der Waals surface area (Å²) in [5.41, 5.74) is 0.383. The lowest BCUT2D eigenvalue weighted by Gasteiger charge is -2.21. The highest BCUT2D eigenvalue weighted by molar-refractivity contribution is 6.40. The molecule has 1 aromatic rings. The zero-order valence-corrected chi connectivity index (χ0v) is 13.3. The first-order valence-corrected chi connectivity index (χ1v) is 7.23. The Kier molecular flexibility index (Phi) is 7.39. The number of ketones is 2. The predicted molar refractivity (Wildman–Crippen MR) is 83.2 cm³/mol. The van der Waals surface area contributed by atoms with Crippen LogP contribution in [0.15, 0.2) is 30.3 Å². The van der Waals surface area contributed by atoms with Crippen molar-refractivity contribution in [3.05, 3.63) is 35.9 Å². The third kappa shape index (κ3) is 6.13. The van der Waals surface area contributed by atoms with Crippen LogP contribution < -0.4 is 10.6 Å². The Morgan fingerprint density at radius 1 is 1.08 bits per heavy atom. The second kappa shape index (κ2) is 9.26. The number of aliphatic carboxylic acids is 1. The maximum absolute atomic E-state index is 12.4. The normalized spacial score (nSPS) is 12.6. The van der Waals surface area contributed by atoms with E-state index in [4.69, 9.17) is 5.11 Å². The maximum Gasteiger partial charge on any atom is 0.305 e. The number of alkyl halides is 1. The lowest BCUT2D eigenvalue weighted by Crippen LogP contribution is -2.49. The molecule has 0 aliphatic rings. The van der Waals surface area contributed by atoms with E-state index in [1.165, 1.54) is 6.92 Å². The Labute approximate surface area is 142 Å². The lowest BCUT2D eigenvalue weighted by atomic mass is 10.0. The molecule has 1 aromatic carbocycles. The highest BCUT2D eigenvalue weighted by Crippen LogP contribution is 2.13. The van der Waals surface area contributed by atoms with E-state index in [-0.39, 0.29) is 0 Å². The lowest BCUT2D eigenvalue weighted by molar-refractivity contribution is -0.143. The van der Waals surface area contributed by atoms with Crippen LogP contribution in [-0.2, 0) is 24.0 Å². The third-order valence-corrected chi connectivity index (χ3v) is 3.15. The molecule has 0 fully saturated rings. The highest BCUT2D eigenvalue weighted by atomic mass is 19.1. The van der Waals surface area contributed by atoms with Gasteiger partial charge in [0.1, 0.15) is 12.1 Å². The number of benzene rings is 1. The first-order valence-electron chi connectivity index (χ1n) is 7.23. The first kappa shape index (κ1) is 19.9. The summed E-state index contributed by atoms with van der Waals surface area (Å²) < 4.78 is 12.4. The fourth-order valence-electron chi connectivity index (χ4n) is 2.05. The van der Waals surface area contributed by atoms with Crippen LogP contribution in [0, 0.1) is 0 Å². The van der Waals surface area contributed by atoms with Crippen molar-refractivity contribution in [3.63, 3.8) is 0 Å². The van der Waals surface area contributed by atoms with Crippen LogP contribution in [0.1, 0.15) is 24.9 Å². The van der Waals surface area contributed by atoms with Crippen molar-refractivity contribution in [3.8, 4) is 0 Å². The Balaban J connectivity index is 3.04. The van der Waals surface area contributed by atoms with E-state index >= 15 is 0 Å². The van der Waals surface area contributed by atoms with Crippen molar-refractivity contribution in [1.29, 1.82) is 0 Å². The maximum atomic E-state index is 12.4. The second-order valence-corrected chi connectivity index (χ2v) is 5.12. The van der Waals surface area contributed by atoms with E-state index in [0.29, 0.717) is 5.56 Å². The highest BCUT2D eigenvalue weighted by Gasteiger charge is 2.31. The molecule has 0 bridgehead atoms. The summed E-state index contributed by atoms with van der Waals surface area (Å²) in [4.78, 5) is 57.6. The summed E-state index contributed by atoms with van der Waals surface area (Å²) >= 11 is 0. The van der Waals surface area contributed by atoms with Gasteiger partial charge in [0.25, 0.3) is 0 Å². The van der Waals surface area contributed by atoms with Gasteiger partial charge in [-0.1, -0.05) is 30.3 Å². The van der Waals surface area contributed by atoms with Crippen molar-refractivity contribution in [2.75, 3.05) is 6.67 Å². The predicted octanol–water partition coefficient (Wildman–Crippen LogP) is -0.0690. The number of Topliss-reactive ketones (excluding diaryl/α,β-unsaturated/α-hetero) is 2. The fraction of sp³-hybridized carbons (Fsp3) is 0.312. The molecule has 134 valence electrons. The molecule has 0 spiro atoms. The van der Waals surface area contributed by atoms with E-state index in [1.807, 2.05) is 0 Å². The monoisotopic (exact) mass is 352 g/mol. The summed E-state index contributed by atoms with van der Waals surface area (Å²) in [6.45, 7) is -0.422. The molecule has 0 aromatic heterocycles. The van der Waals surface area contributed by atoms with Crippen molar-refractivity contribution >= 4 is 29.4 Å². The number of carboxylic acids is 1. The molecule has 0 aliphatic carbocycles. The van der Waals surface area contributed by atoms with Gasteiger partial charge in [0.05, 0.1) is 6.42 Å². The van der Waals surface area contributed by atoms with Crippen molar-refractivity contribution in [2.24, 2.45) is 0 Å². The van der Waals surface area contributed by atoms with Crippen molar-refractivity contribution in [2.45, 2.75) is 25.4 Å². The average Bonchev–Trinajstić information content (AvgIpc) is 2.57. The Morgan fingerprint density at radius 3 is 2.16 bits per heavy atom. The third-order valence-electron chi connectivity index (χ3n) is 3.15. The summed E-state index contributed by atoms with van der Waals surface area (Å²) in [6.07, 6.45) is -0.891. The summed E-state index contributed by atoms with van der Waals surface area (Å²) in [5, 5.41) is 13.3. The van der Waals surface area contributed by atoms with Crippen LogP contribution in [0.4, 0.5) is 4.39 Å². The molecule has 8 nitrogen and oxygen atoms in total. The summed E-state index contributed by atoms with van der Waals surface area (Å²) in [5.74, 6) is -5.69. The van der Waals surface area contributed by atoms with E-state index in [1.54, 1.807) is 30.3 Å². The molecule has 25 heavy (non-hydrogen) atoms. The van der Waals surface area contributed by atoms with E-state index in [9.17, 15) is 28.4 Å². The summed E-state index contributed by atoms with van der Waals surface area (Å²) in [6, 6.07) is 5.06. The molecular weight excluding hydrogens is 335 g/mol. The Bertz CT molecular complexity index is 676. The summed E-state index contributed by atoms with van der Waals surface area (Å²) in [7, 11) is 0. The molecule has 2 unspecified atom stereocenters. The van der Waals surface area contributed by atoms with Gasteiger partial charge in [-0.3, -0.25) is 24.0 Å². The topological polar surface area (TPSA) is 130 Å². The molecule has 0 saturated carbocycles. The number of hydrogen-bond donors (Lipinski definition) is 3. The molecule has 0 saturated heterocycles. The van der Waals surface area contributed by atoms with Crippen LogP contribution in [-0.4, -0.2) is 47.2 Å². The van der Waals surface area contributed by atoms with Gasteiger partial charge in [-0.25, -0.2) is 4.39 Å². The minimum atomic E-state index is -1.73. The van der Waals surface area contributed by atoms with Gasteiger partial charge >= 0.3 is 5.97 Å². The molecule has 2 atom stereocenters. The quantitative estimate of drug-likeness (QED) is 0.534. The van der Waals surface area contributed by atoms with E-state index in [2.05, 4.69) is 10.6 Å². The number of carbonyl (C=O) groups excluding carboxylic acids is 4. The van der Waals surface area contributed by atoms with Crippen LogP contribution in [0.2, 0.25) is 0 Å². The number of nitrogens with one attached hydrogen (secondary N) is 2. The van der Waals surface area contributed by atoms with Gasteiger partial charge in [-0.2, -0.15) is 0 Å². The van der Waals surface area contributed by atoms with Crippen LogP contribution in [0.3, 0.4) is 0 Å². The molecule has 0 radical (unpaired) electrons. The zero-order chi connectivity index (χ0) is 19.0. The fourth-order valence-corrected chi connectivity index (χ4v) is 2.05. The number of hydrogen-bond acceptors (Lipinski definition) is 5. The Hall–Kier alpha value is -3.10. The van der Waals surface area contributed by atoms with Gasteiger partial charge in [0.15, 0.2) is 6.67 Å². The minimum Gasteiger partial charge on any atom is -0.481 e. The zero-order valence-electron chi connectivity index (χ0n) is 13.3. The molecule has 9 heteroatoms. The van der Waals surface area contributed by atoms with E-state index in [0.717, 1.165) is 0 Å². The van der Waals surface area contributed by atoms with Crippen LogP contribution in [0.5, 0.6) is 0 Å². The number of rotatable bonds is 9. The molecule has 0 heterocycles. The second-order valence-electron chi connectivity index (χ2n) is 5.12. The van der Waals surface area contributed by atoms with Gasteiger partial charge < -0.3 is 15.7 Å². The molecule has 0 aliphatic heterocycles. The van der Waals surface area contributed by atoms with Crippen LogP contribution >= 0.6 is 0 Å². The first-order chi connectivity index (χ1) is 11.8. The molecule has 2 amide bonds. The van der Waals surface area contributed by atoms with Gasteiger partial charge in [0, 0.05) is 6.92 Å². The number of carboxylic acid groups (broad SMARTS) is 1. The van der Waals surface area contributed by atoms with Crippen LogP contribution in [0.25, 0.3) is 0 Å². The largest absolute Gasteiger partial charge is 0.481 e. The smallest absolute Gasteiger partial charge is 0.305 e. The van der Waals surface area contributed by atoms with Crippen molar-refractivity contribution in [1.82, 2.24) is 10.6 Å². The number of carbonyl (C=O) groups is 5. The number of halogens is 1. The van der Waals surface area contributed by atoms with Crippen molar-refractivity contribution < 1.29 is 33.5 Å². The van der Waals surface area contributed by atoms with Gasteiger partial charge in [-0.15, -0.1) is 0 Å². The Morgan fingerprint density at radius 2 is 1.68 bits per heavy atom.